The SMILES string of the molecule is CC(=O)NC1CCN(C(=O)c2ccc(-c3nccc(N)n3)cc2)C1. The number of hydrogen-bond acceptors (Lipinski definition) is 5. The summed E-state index contributed by atoms with van der Waals surface area (Å²) in [5, 5.41) is 2.85. The maximum absolute atomic E-state index is 12.5. The maximum Gasteiger partial charge on any atom is 0.253 e. The monoisotopic (exact) mass is 325 g/mol. The molecule has 0 aliphatic carbocycles. The van der Waals surface area contributed by atoms with Crippen LogP contribution in [0, 0.1) is 0 Å². The van der Waals surface area contributed by atoms with Crippen LogP contribution in [0.3, 0.4) is 0 Å². The molecular weight excluding hydrogens is 306 g/mol. The lowest BCUT2D eigenvalue weighted by atomic mass is 10.1. The smallest absolute Gasteiger partial charge is 0.253 e. The zero-order valence-corrected chi connectivity index (χ0v) is 13.4. The van der Waals surface area contributed by atoms with Gasteiger partial charge in [0.05, 0.1) is 0 Å². The molecule has 24 heavy (non-hydrogen) atoms. The molecule has 0 saturated carbocycles. The van der Waals surface area contributed by atoms with Crippen molar-refractivity contribution in [3.05, 3.63) is 42.1 Å². The molecule has 3 rings (SSSR count). The number of nitrogens with one attached hydrogen (secondary N) is 1. The van der Waals surface area contributed by atoms with Gasteiger partial charge in [0.15, 0.2) is 5.82 Å². The highest BCUT2D eigenvalue weighted by molar-refractivity contribution is 5.95. The van der Waals surface area contributed by atoms with Gasteiger partial charge in [-0.3, -0.25) is 9.59 Å². The predicted octanol–water partition coefficient (Wildman–Crippen LogP) is 1.08. The van der Waals surface area contributed by atoms with Crippen LogP contribution in [0.1, 0.15) is 23.7 Å². The van der Waals surface area contributed by atoms with Crippen LogP contribution in [0.15, 0.2) is 36.5 Å². The third-order valence-electron chi connectivity index (χ3n) is 3.95. The van der Waals surface area contributed by atoms with Crippen LogP contribution in [0.25, 0.3) is 11.4 Å². The first kappa shape index (κ1) is 15.9. The summed E-state index contributed by atoms with van der Waals surface area (Å²) in [6, 6.07) is 8.80. The van der Waals surface area contributed by atoms with Crippen molar-refractivity contribution in [1.82, 2.24) is 20.2 Å². The lowest BCUT2D eigenvalue weighted by Crippen LogP contribution is -2.37. The number of rotatable bonds is 3. The highest BCUT2D eigenvalue weighted by Crippen LogP contribution is 2.19. The number of nitrogens with zero attached hydrogens (tertiary/aromatic N) is 3. The molecule has 0 bridgehead atoms. The van der Waals surface area contributed by atoms with E-state index < -0.39 is 0 Å². The van der Waals surface area contributed by atoms with E-state index in [1.54, 1.807) is 29.3 Å². The Kier molecular flexibility index (Phi) is 4.41. The summed E-state index contributed by atoms with van der Waals surface area (Å²) < 4.78 is 0. The largest absolute Gasteiger partial charge is 0.384 e. The van der Waals surface area contributed by atoms with Crippen molar-refractivity contribution < 1.29 is 9.59 Å². The van der Waals surface area contributed by atoms with Gasteiger partial charge in [-0.05, 0) is 24.6 Å². The minimum atomic E-state index is -0.0687. The molecule has 7 heteroatoms. The Labute approximate surface area is 139 Å². The molecule has 2 aromatic rings. The van der Waals surface area contributed by atoms with Crippen LogP contribution in [0.5, 0.6) is 0 Å². The van der Waals surface area contributed by atoms with Gasteiger partial charge in [-0.2, -0.15) is 0 Å². The molecule has 1 aromatic carbocycles. The quantitative estimate of drug-likeness (QED) is 0.879. The number of likely N-dealkylation sites (tertiary alicyclic amines) is 1. The Hall–Kier alpha value is -2.96. The number of hydrogen-bond donors (Lipinski definition) is 2. The molecule has 0 radical (unpaired) electrons. The number of aromatic nitrogens is 2. The third kappa shape index (κ3) is 3.51. The minimum Gasteiger partial charge on any atom is -0.384 e. The molecule has 1 aliphatic heterocycles. The second-order valence-corrected chi connectivity index (χ2v) is 5.82. The third-order valence-corrected chi connectivity index (χ3v) is 3.95. The molecule has 3 N–H and O–H groups in total. The Bertz CT molecular complexity index is 760. The summed E-state index contributed by atoms with van der Waals surface area (Å²) in [6.45, 7) is 2.67. The van der Waals surface area contributed by atoms with Gasteiger partial charge in [0, 0.05) is 43.4 Å². The molecule has 0 spiro atoms. The van der Waals surface area contributed by atoms with Gasteiger partial charge >= 0.3 is 0 Å². The van der Waals surface area contributed by atoms with Gasteiger partial charge in [-0.25, -0.2) is 9.97 Å². The van der Waals surface area contributed by atoms with Gasteiger partial charge in [0.25, 0.3) is 5.91 Å². The van der Waals surface area contributed by atoms with Gasteiger partial charge in [-0.15, -0.1) is 0 Å². The highest BCUT2D eigenvalue weighted by atomic mass is 16.2. The van der Waals surface area contributed by atoms with Gasteiger partial charge in [0.2, 0.25) is 5.91 Å². The molecule has 2 heterocycles. The molecule has 124 valence electrons. The molecule has 1 aromatic heterocycles. The number of carbonyl (C=O) groups is 2. The van der Waals surface area contributed by atoms with E-state index in [1.165, 1.54) is 6.92 Å². The Morgan fingerprint density at radius 2 is 2.00 bits per heavy atom. The fourth-order valence-corrected chi connectivity index (χ4v) is 2.81. The molecule has 2 amide bonds. The molecule has 7 nitrogen and oxygen atoms in total. The number of nitrogens with two attached hydrogens (primary N) is 1. The van der Waals surface area contributed by atoms with Gasteiger partial charge < -0.3 is 16.0 Å². The van der Waals surface area contributed by atoms with Gasteiger partial charge in [0.1, 0.15) is 5.82 Å². The topological polar surface area (TPSA) is 101 Å². The Morgan fingerprint density at radius 1 is 1.25 bits per heavy atom. The number of nitrogen functional groups attached to an aromatic ring is 1. The van der Waals surface area contributed by atoms with Crippen LogP contribution in [0.4, 0.5) is 5.82 Å². The van der Waals surface area contributed by atoms with Crippen LogP contribution < -0.4 is 11.1 Å². The average Bonchev–Trinajstić information content (AvgIpc) is 3.02. The number of anilines is 1. The van der Waals surface area contributed by atoms with Crippen molar-refractivity contribution in [2.75, 3.05) is 18.8 Å². The fourth-order valence-electron chi connectivity index (χ4n) is 2.81. The van der Waals surface area contributed by atoms with E-state index in [2.05, 4.69) is 15.3 Å². The molecular formula is C17H19N5O2. The summed E-state index contributed by atoms with van der Waals surface area (Å²) in [6.07, 6.45) is 2.38. The summed E-state index contributed by atoms with van der Waals surface area (Å²) in [5.74, 6) is 0.825. The summed E-state index contributed by atoms with van der Waals surface area (Å²) in [4.78, 5) is 33.7. The van der Waals surface area contributed by atoms with E-state index in [4.69, 9.17) is 5.73 Å². The normalized spacial score (nSPS) is 16.9. The van der Waals surface area contributed by atoms with E-state index >= 15 is 0 Å². The van der Waals surface area contributed by atoms with E-state index in [1.807, 2.05) is 12.1 Å². The van der Waals surface area contributed by atoms with Crippen molar-refractivity contribution >= 4 is 17.6 Å². The molecule has 1 atom stereocenters. The van der Waals surface area contributed by atoms with Gasteiger partial charge in [-0.1, -0.05) is 12.1 Å². The second-order valence-electron chi connectivity index (χ2n) is 5.82. The first-order valence-electron chi connectivity index (χ1n) is 7.78. The minimum absolute atomic E-state index is 0.0337. The van der Waals surface area contributed by atoms with Crippen molar-refractivity contribution in [1.29, 1.82) is 0 Å². The van der Waals surface area contributed by atoms with Crippen LogP contribution in [0.2, 0.25) is 0 Å². The fraction of sp³-hybridized carbons (Fsp3) is 0.294. The molecule has 1 fully saturated rings. The highest BCUT2D eigenvalue weighted by Gasteiger charge is 2.27. The van der Waals surface area contributed by atoms with Crippen LogP contribution in [-0.4, -0.2) is 45.8 Å². The average molecular weight is 325 g/mol. The zero-order valence-electron chi connectivity index (χ0n) is 13.4. The summed E-state index contributed by atoms with van der Waals surface area (Å²) >= 11 is 0. The standard InChI is InChI=1S/C17H19N5O2/c1-11(23)20-14-7-9-22(10-14)17(24)13-4-2-12(3-5-13)16-19-8-6-15(18)21-16/h2-6,8,14H,7,9-10H2,1H3,(H,20,23)(H2,18,19,21). The summed E-state index contributed by atoms with van der Waals surface area (Å²) in [7, 11) is 0. The molecule has 1 saturated heterocycles. The van der Waals surface area contributed by atoms with E-state index in [-0.39, 0.29) is 17.9 Å². The zero-order chi connectivity index (χ0) is 17.1. The van der Waals surface area contributed by atoms with Crippen LogP contribution >= 0.6 is 0 Å². The molecule has 1 unspecified atom stereocenters. The Balaban J connectivity index is 1.69. The van der Waals surface area contributed by atoms with Crippen molar-refractivity contribution in [2.24, 2.45) is 0 Å². The van der Waals surface area contributed by atoms with Crippen molar-refractivity contribution in [3.8, 4) is 11.4 Å². The summed E-state index contributed by atoms with van der Waals surface area (Å²) in [5.41, 5.74) is 7.07. The Morgan fingerprint density at radius 3 is 2.67 bits per heavy atom. The second kappa shape index (κ2) is 6.66. The number of benzene rings is 1. The first-order valence-corrected chi connectivity index (χ1v) is 7.78. The predicted molar refractivity (Wildman–Crippen MR) is 90.0 cm³/mol. The van der Waals surface area contributed by atoms with Crippen molar-refractivity contribution in [3.63, 3.8) is 0 Å². The number of amides is 2. The van der Waals surface area contributed by atoms with E-state index in [9.17, 15) is 9.59 Å². The lowest BCUT2D eigenvalue weighted by Gasteiger charge is -2.17. The lowest BCUT2D eigenvalue weighted by molar-refractivity contribution is -0.119. The maximum atomic E-state index is 12.5. The van der Waals surface area contributed by atoms with E-state index in [0.29, 0.717) is 30.3 Å². The number of carbonyl (C=O) groups excluding carboxylic acids is 2. The molecule has 1 aliphatic rings. The van der Waals surface area contributed by atoms with Crippen molar-refractivity contribution in [2.45, 2.75) is 19.4 Å². The van der Waals surface area contributed by atoms with Crippen LogP contribution in [-0.2, 0) is 4.79 Å². The van der Waals surface area contributed by atoms with E-state index in [0.717, 1.165) is 12.0 Å². The first-order chi connectivity index (χ1) is 11.5.